The number of nitrogens with zero attached hydrogens (tertiary/aromatic N) is 2. The fraction of sp³-hybridized carbons (Fsp3) is 0.526. The Morgan fingerprint density at radius 2 is 1.93 bits per heavy atom. The van der Waals surface area contributed by atoms with Crippen molar-refractivity contribution in [2.45, 2.75) is 6.42 Å². The summed E-state index contributed by atoms with van der Waals surface area (Å²) < 4.78 is 20.9. The molecule has 9 heteroatoms. The van der Waals surface area contributed by atoms with E-state index < -0.39 is 11.9 Å². The van der Waals surface area contributed by atoms with E-state index in [2.05, 4.69) is 0 Å². The summed E-state index contributed by atoms with van der Waals surface area (Å²) in [4.78, 5) is 40.0. The maximum Gasteiger partial charge on any atom is 0.311 e. The predicted molar refractivity (Wildman–Crippen MR) is 98.4 cm³/mol. The smallest absolute Gasteiger partial charge is 0.311 e. The molecule has 0 bridgehead atoms. The number of hydrogen-bond acceptors (Lipinski definition) is 7. The van der Waals surface area contributed by atoms with Crippen molar-refractivity contribution >= 4 is 23.5 Å². The summed E-state index contributed by atoms with van der Waals surface area (Å²) >= 11 is 0. The average Bonchev–Trinajstić information content (AvgIpc) is 3.13. The summed E-state index contributed by atoms with van der Waals surface area (Å²) in [6.07, 6.45) is 0.0275. The maximum atomic E-state index is 12.4. The minimum absolute atomic E-state index is 0.0275. The molecule has 0 unspecified atom stereocenters. The highest BCUT2D eigenvalue weighted by Crippen LogP contribution is 2.36. The second kappa shape index (κ2) is 8.92. The molecular weight excluding hydrogens is 368 g/mol. The summed E-state index contributed by atoms with van der Waals surface area (Å²) in [5.41, 5.74) is 0.563. The first-order valence-corrected chi connectivity index (χ1v) is 9.08. The summed E-state index contributed by atoms with van der Waals surface area (Å²) in [7, 11) is 3.04. The number of morpholine rings is 1. The standard InChI is InChI=1S/C19H24N2O7/c1-25-14-3-4-15(16(10-14)26-2)21-11-13(9-17(21)22)19(24)28-12-18(23)20-5-7-27-8-6-20/h3-4,10,13H,5-9,11-12H2,1-2H3/t13-/m1/s1. The zero-order valence-electron chi connectivity index (χ0n) is 16.0. The van der Waals surface area contributed by atoms with Gasteiger partial charge in [-0.25, -0.2) is 0 Å². The van der Waals surface area contributed by atoms with Gasteiger partial charge in [-0.1, -0.05) is 0 Å². The van der Waals surface area contributed by atoms with Crippen LogP contribution in [-0.4, -0.2) is 76.4 Å². The molecule has 0 spiro atoms. The average molecular weight is 392 g/mol. The van der Waals surface area contributed by atoms with Crippen LogP contribution < -0.4 is 14.4 Å². The Bertz CT molecular complexity index is 746. The fourth-order valence-electron chi connectivity index (χ4n) is 3.26. The van der Waals surface area contributed by atoms with Gasteiger partial charge in [-0.2, -0.15) is 0 Å². The van der Waals surface area contributed by atoms with Gasteiger partial charge >= 0.3 is 5.97 Å². The van der Waals surface area contributed by atoms with Gasteiger partial charge in [0.05, 0.1) is 39.0 Å². The Morgan fingerprint density at radius 3 is 2.61 bits per heavy atom. The lowest BCUT2D eigenvalue weighted by Gasteiger charge is -2.26. The molecule has 0 aliphatic carbocycles. The van der Waals surface area contributed by atoms with E-state index in [4.69, 9.17) is 18.9 Å². The van der Waals surface area contributed by atoms with Crippen LogP contribution in [0.5, 0.6) is 11.5 Å². The largest absolute Gasteiger partial charge is 0.497 e. The van der Waals surface area contributed by atoms with Crippen LogP contribution in [0, 0.1) is 5.92 Å². The van der Waals surface area contributed by atoms with Gasteiger partial charge in [0.2, 0.25) is 5.91 Å². The van der Waals surface area contributed by atoms with Crippen LogP contribution in [-0.2, 0) is 23.9 Å². The quantitative estimate of drug-likeness (QED) is 0.649. The van der Waals surface area contributed by atoms with Crippen LogP contribution in [0.2, 0.25) is 0 Å². The number of ether oxygens (including phenoxy) is 4. The number of amides is 2. The van der Waals surface area contributed by atoms with E-state index >= 15 is 0 Å². The Morgan fingerprint density at radius 1 is 1.18 bits per heavy atom. The molecule has 2 saturated heterocycles. The number of esters is 1. The van der Waals surface area contributed by atoms with Crippen molar-refractivity contribution in [2.75, 3.05) is 58.6 Å². The maximum absolute atomic E-state index is 12.4. The van der Waals surface area contributed by atoms with Crippen molar-refractivity contribution in [2.24, 2.45) is 5.92 Å². The number of rotatable bonds is 6. The van der Waals surface area contributed by atoms with Gasteiger partial charge in [0, 0.05) is 32.1 Å². The Labute approximate surface area is 163 Å². The molecule has 1 aromatic rings. The van der Waals surface area contributed by atoms with Crippen LogP contribution in [0.25, 0.3) is 0 Å². The van der Waals surface area contributed by atoms with E-state index in [9.17, 15) is 14.4 Å². The third-order valence-corrected chi connectivity index (χ3v) is 4.84. The normalized spacial score (nSPS) is 19.5. The van der Waals surface area contributed by atoms with Crippen LogP contribution in [0.1, 0.15) is 6.42 Å². The lowest BCUT2D eigenvalue weighted by Crippen LogP contribution is -2.43. The van der Waals surface area contributed by atoms with E-state index in [1.165, 1.54) is 12.0 Å². The molecule has 0 aromatic heterocycles. The SMILES string of the molecule is COc1ccc(N2C[C@H](C(=O)OCC(=O)N3CCOCC3)CC2=O)c(OC)c1. The Hall–Kier alpha value is -2.81. The Balaban J connectivity index is 1.59. The summed E-state index contributed by atoms with van der Waals surface area (Å²) in [6, 6.07) is 5.11. The zero-order valence-corrected chi connectivity index (χ0v) is 16.0. The molecule has 1 atom stereocenters. The number of methoxy groups -OCH3 is 2. The van der Waals surface area contributed by atoms with E-state index in [1.54, 1.807) is 30.2 Å². The van der Waals surface area contributed by atoms with Crippen LogP contribution in [0.3, 0.4) is 0 Å². The molecule has 2 amide bonds. The summed E-state index contributed by atoms with van der Waals surface area (Å²) in [5.74, 6) is -0.560. The highest BCUT2D eigenvalue weighted by atomic mass is 16.5. The first-order chi connectivity index (χ1) is 13.5. The van der Waals surface area contributed by atoms with Crippen molar-refractivity contribution in [3.63, 3.8) is 0 Å². The van der Waals surface area contributed by atoms with Gasteiger partial charge in [0.25, 0.3) is 5.91 Å². The first kappa shape index (κ1) is 19.9. The van der Waals surface area contributed by atoms with E-state index in [0.29, 0.717) is 43.5 Å². The van der Waals surface area contributed by atoms with Crippen LogP contribution in [0.4, 0.5) is 5.69 Å². The number of carbonyl (C=O) groups excluding carboxylic acids is 3. The molecule has 3 rings (SSSR count). The van der Waals surface area contributed by atoms with Crippen molar-refractivity contribution < 1.29 is 33.3 Å². The molecule has 0 saturated carbocycles. The predicted octanol–water partition coefficient (Wildman–Crippen LogP) is 0.459. The minimum Gasteiger partial charge on any atom is -0.497 e. The van der Waals surface area contributed by atoms with Crippen LogP contribution >= 0.6 is 0 Å². The van der Waals surface area contributed by atoms with Gasteiger partial charge in [-0.3, -0.25) is 14.4 Å². The number of anilines is 1. The lowest BCUT2D eigenvalue weighted by atomic mass is 10.1. The van der Waals surface area contributed by atoms with Crippen molar-refractivity contribution in [1.82, 2.24) is 4.90 Å². The van der Waals surface area contributed by atoms with E-state index in [0.717, 1.165) is 0 Å². The fourth-order valence-corrected chi connectivity index (χ4v) is 3.26. The molecular formula is C19H24N2O7. The van der Waals surface area contributed by atoms with Crippen molar-refractivity contribution in [3.05, 3.63) is 18.2 Å². The van der Waals surface area contributed by atoms with Gasteiger partial charge < -0.3 is 28.7 Å². The van der Waals surface area contributed by atoms with Gasteiger partial charge in [0.15, 0.2) is 6.61 Å². The molecule has 0 radical (unpaired) electrons. The van der Waals surface area contributed by atoms with Crippen LogP contribution in [0.15, 0.2) is 18.2 Å². The number of hydrogen-bond donors (Lipinski definition) is 0. The molecule has 9 nitrogen and oxygen atoms in total. The monoisotopic (exact) mass is 392 g/mol. The van der Waals surface area contributed by atoms with Gasteiger partial charge in [-0.05, 0) is 12.1 Å². The number of carbonyl (C=O) groups is 3. The minimum atomic E-state index is -0.628. The highest BCUT2D eigenvalue weighted by Gasteiger charge is 2.37. The lowest BCUT2D eigenvalue weighted by molar-refractivity contribution is -0.156. The second-order valence-electron chi connectivity index (χ2n) is 6.54. The number of benzene rings is 1. The molecule has 2 fully saturated rings. The molecule has 0 N–H and O–H groups in total. The second-order valence-corrected chi connectivity index (χ2v) is 6.54. The third-order valence-electron chi connectivity index (χ3n) is 4.84. The van der Waals surface area contributed by atoms with Gasteiger partial charge in [-0.15, -0.1) is 0 Å². The molecule has 28 heavy (non-hydrogen) atoms. The first-order valence-electron chi connectivity index (χ1n) is 9.08. The van der Waals surface area contributed by atoms with Crippen molar-refractivity contribution in [1.29, 1.82) is 0 Å². The molecule has 2 aliphatic heterocycles. The van der Waals surface area contributed by atoms with Gasteiger partial charge in [0.1, 0.15) is 11.5 Å². The topological polar surface area (TPSA) is 94.6 Å². The molecule has 152 valence electrons. The molecule has 2 aliphatic rings. The summed E-state index contributed by atoms with van der Waals surface area (Å²) in [5, 5.41) is 0. The Kier molecular flexibility index (Phi) is 6.35. The highest BCUT2D eigenvalue weighted by molar-refractivity contribution is 6.00. The molecule has 2 heterocycles. The zero-order chi connectivity index (χ0) is 20.1. The van der Waals surface area contributed by atoms with E-state index in [-0.39, 0.29) is 31.4 Å². The van der Waals surface area contributed by atoms with Crippen molar-refractivity contribution in [3.8, 4) is 11.5 Å². The van der Waals surface area contributed by atoms with E-state index in [1.807, 2.05) is 0 Å². The molecule has 1 aromatic carbocycles. The summed E-state index contributed by atoms with van der Waals surface area (Å²) in [6.45, 7) is 1.79. The third kappa shape index (κ3) is 4.36.